The third-order valence-electron chi connectivity index (χ3n) is 5.81. The number of ketones is 1. The van der Waals surface area contributed by atoms with Gasteiger partial charge in [0.05, 0.1) is 9.79 Å². The average Bonchev–Trinajstić information content (AvgIpc) is 3.06. The van der Waals surface area contributed by atoms with Gasteiger partial charge in [0.15, 0.2) is 5.78 Å². The Bertz CT molecular complexity index is 1350. The molecule has 0 heterocycles. The van der Waals surface area contributed by atoms with E-state index in [1.54, 1.807) is 27.7 Å². The molecule has 1 aliphatic carbocycles. The molecular formula is C23H26N2O9S2. The SMILES string of the molecule is CC(C)[C@@H](NS(=O)(=O)c1ccc2c(c1)C(=O)c1cc(S(=O)(=O)N[C@@H](C(=O)O)C(C)C)ccc1-2)C(=O)O. The molecule has 0 saturated carbocycles. The molecule has 0 radical (unpaired) electrons. The summed E-state index contributed by atoms with van der Waals surface area (Å²) < 4.78 is 55.5. The standard InChI is InChI=1S/C23H26N2O9S2/c1-11(2)19(22(27)28)24-35(31,32)13-5-7-15-16-8-6-14(10-18(16)21(26)17(15)9-13)36(33,34)25-20(12(3)4)23(29)30/h5-12,19-20,24-25H,1-4H3,(H,27,28)(H,29,30)/t19-,20-/m1/s1. The first kappa shape index (κ1) is 27.5. The first-order valence-corrected chi connectivity index (χ1v) is 13.9. The smallest absolute Gasteiger partial charge is 0.322 e. The lowest BCUT2D eigenvalue weighted by molar-refractivity contribution is -0.141. The molecule has 11 nitrogen and oxygen atoms in total. The van der Waals surface area contributed by atoms with Crippen LogP contribution in [0.1, 0.15) is 43.6 Å². The van der Waals surface area contributed by atoms with E-state index in [0.717, 1.165) is 12.1 Å². The Morgan fingerprint density at radius 3 is 1.28 bits per heavy atom. The molecule has 3 rings (SSSR count). The van der Waals surface area contributed by atoms with Crippen LogP contribution in [-0.4, -0.2) is 56.9 Å². The second kappa shape index (κ2) is 9.73. The van der Waals surface area contributed by atoms with Crippen LogP contribution in [0.15, 0.2) is 46.2 Å². The molecule has 0 aliphatic heterocycles. The van der Waals surface area contributed by atoms with Crippen LogP contribution in [0.25, 0.3) is 11.1 Å². The molecule has 2 aromatic carbocycles. The quantitative estimate of drug-likeness (QED) is 0.298. The van der Waals surface area contributed by atoms with Crippen molar-refractivity contribution in [2.75, 3.05) is 0 Å². The first-order valence-electron chi connectivity index (χ1n) is 10.9. The van der Waals surface area contributed by atoms with E-state index in [-0.39, 0.29) is 20.9 Å². The third-order valence-corrected chi connectivity index (χ3v) is 8.69. The van der Waals surface area contributed by atoms with Gasteiger partial charge in [-0.2, -0.15) is 9.44 Å². The van der Waals surface area contributed by atoms with Crippen molar-refractivity contribution in [2.45, 2.75) is 49.6 Å². The Morgan fingerprint density at radius 2 is 1.00 bits per heavy atom. The lowest BCUT2D eigenvalue weighted by Gasteiger charge is -2.18. The fourth-order valence-corrected chi connectivity index (χ4v) is 6.51. The summed E-state index contributed by atoms with van der Waals surface area (Å²) in [7, 11) is -8.58. The molecule has 1 aliphatic rings. The summed E-state index contributed by atoms with van der Waals surface area (Å²) in [6.07, 6.45) is 0. The number of carboxylic acid groups (broad SMARTS) is 2. The highest BCUT2D eigenvalue weighted by Gasteiger charge is 2.34. The van der Waals surface area contributed by atoms with Crippen LogP contribution in [-0.2, 0) is 29.6 Å². The van der Waals surface area contributed by atoms with Crippen LogP contribution >= 0.6 is 0 Å². The molecule has 0 bridgehead atoms. The van der Waals surface area contributed by atoms with Gasteiger partial charge in [0.2, 0.25) is 20.0 Å². The Morgan fingerprint density at radius 1 is 0.667 bits per heavy atom. The summed E-state index contributed by atoms with van der Waals surface area (Å²) in [5, 5.41) is 18.6. The van der Waals surface area contributed by atoms with Crippen LogP contribution in [0.5, 0.6) is 0 Å². The number of fused-ring (bicyclic) bond motifs is 3. The molecule has 0 aromatic heterocycles. The minimum Gasteiger partial charge on any atom is -0.480 e. The number of hydrogen-bond donors (Lipinski definition) is 4. The van der Waals surface area contributed by atoms with Crippen molar-refractivity contribution in [1.82, 2.24) is 9.44 Å². The average molecular weight is 539 g/mol. The number of carbonyl (C=O) groups is 3. The second-order valence-corrected chi connectivity index (χ2v) is 12.5. The van der Waals surface area contributed by atoms with Gasteiger partial charge in [-0.25, -0.2) is 16.8 Å². The lowest BCUT2D eigenvalue weighted by Crippen LogP contribution is -2.44. The van der Waals surface area contributed by atoms with Gasteiger partial charge in [-0.05, 0) is 47.2 Å². The van der Waals surface area contributed by atoms with Gasteiger partial charge in [0.25, 0.3) is 0 Å². The number of aliphatic carboxylic acids is 2. The maximum atomic E-state index is 13.1. The maximum absolute atomic E-state index is 13.1. The van der Waals surface area contributed by atoms with Crippen molar-refractivity contribution in [2.24, 2.45) is 11.8 Å². The van der Waals surface area contributed by atoms with Crippen molar-refractivity contribution in [3.63, 3.8) is 0 Å². The van der Waals surface area contributed by atoms with Crippen LogP contribution < -0.4 is 9.44 Å². The largest absolute Gasteiger partial charge is 0.480 e. The number of nitrogens with one attached hydrogen (secondary N) is 2. The number of carbonyl (C=O) groups excluding carboxylic acids is 1. The van der Waals surface area contributed by atoms with Gasteiger partial charge >= 0.3 is 11.9 Å². The topological polar surface area (TPSA) is 184 Å². The Labute approximate surface area is 208 Å². The summed E-state index contributed by atoms with van der Waals surface area (Å²) in [6.45, 7) is 6.18. The Balaban J connectivity index is 1.97. The zero-order valence-electron chi connectivity index (χ0n) is 19.8. The molecule has 36 heavy (non-hydrogen) atoms. The third kappa shape index (κ3) is 5.19. The van der Waals surface area contributed by atoms with E-state index in [0.29, 0.717) is 11.1 Å². The van der Waals surface area contributed by atoms with Crippen molar-refractivity contribution < 1.29 is 41.4 Å². The number of rotatable bonds is 10. The fraction of sp³-hybridized carbons (Fsp3) is 0.348. The highest BCUT2D eigenvalue weighted by Crippen LogP contribution is 2.38. The van der Waals surface area contributed by atoms with Crippen molar-refractivity contribution >= 4 is 37.8 Å². The van der Waals surface area contributed by atoms with E-state index in [1.807, 2.05) is 0 Å². The van der Waals surface area contributed by atoms with Gasteiger partial charge in [-0.1, -0.05) is 39.8 Å². The van der Waals surface area contributed by atoms with E-state index < -0.39 is 61.7 Å². The minimum atomic E-state index is -4.29. The highest BCUT2D eigenvalue weighted by molar-refractivity contribution is 7.89. The number of carboxylic acids is 2. The summed E-state index contributed by atoms with van der Waals surface area (Å²) in [5.41, 5.74) is 0.792. The molecule has 13 heteroatoms. The minimum absolute atomic E-state index is 0.0115. The summed E-state index contributed by atoms with van der Waals surface area (Å²) in [5.74, 6) is -4.39. The fourth-order valence-electron chi connectivity index (χ4n) is 3.79. The zero-order valence-corrected chi connectivity index (χ0v) is 21.5. The van der Waals surface area contributed by atoms with E-state index in [9.17, 15) is 41.4 Å². The number of benzene rings is 2. The van der Waals surface area contributed by atoms with E-state index in [2.05, 4.69) is 9.44 Å². The lowest BCUT2D eigenvalue weighted by atomic mass is 10.1. The van der Waals surface area contributed by atoms with E-state index in [4.69, 9.17) is 0 Å². The number of sulfonamides is 2. The van der Waals surface area contributed by atoms with Crippen LogP contribution in [0, 0.1) is 11.8 Å². The van der Waals surface area contributed by atoms with E-state index in [1.165, 1.54) is 24.3 Å². The molecule has 0 unspecified atom stereocenters. The maximum Gasteiger partial charge on any atom is 0.322 e. The number of hydrogen-bond acceptors (Lipinski definition) is 7. The summed E-state index contributed by atoms with van der Waals surface area (Å²) >= 11 is 0. The van der Waals surface area contributed by atoms with Gasteiger partial charge in [-0.15, -0.1) is 0 Å². The summed E-state index contributed by atoms with van der Waals surface area (Å²) in [4.78, 5) is 35.3. The predicted molar refractivity (Wildman–Crippen MR) is 128 cm³/mol. The first-order chi connectivity index (χ1) is 16.6. The molecule has 0 spiro atoms. The van der Waals surface area contributed by atoms with Gasteiger partial charge in [0.1, 0.15) is 12.1 Å². The van der Waals surface area contributed by atoms with Crippen molar-refractivity contribution in [3.05, 3.63) is 47.5 Å². The molecule has 0 fully saturated rings. The second-order valence-electron chi connectivity index (χ2n) is 9.11. The Kier molecular flexibility index (Phi) is 7.42. The van der Waals surface area contributed by atoms with Crippen LogP contribution in [0.3, 0.4) is 0 Å². The zero-order chi connectivity index (χ0) is 27.2. The highest BCUT2D eigenvalue weighted by atomic mass is 32.2. The molecule has 2 aromatic rings. The van der Waals surface area contributed by atoms with Crippen molar-refractivity contribution in [1.29, 1.82) is 0 Å². The van der Waals surface area contributed by atoms with E-state index >= 15 is 0 Å². The van der Waals surface area contributed by atoms with Crippen molar-refractivity contribution in [3.8, 4) is 11.1 Å². The molecule has 0 amide bonds. The molecular weight excluding hydrogens is 512 g/mol. The molecule has 194 valence electrons. The monoisotopic (exact) mass is 538 g/mol. The normalized spacial score (nSPS) is 15.0. The molecule has 0 saturated heterocycles. The molecule has 2 atom stereocenters. The summed E-state index contributed by atoms with van der Waals surface area (Å²) in [6, 6.07) is 4.73. The van der Waals surface area contributed by atoms with Crippen LogP contribution in [0.2, 0.25) is 0 Å². The van der Waals surface area contributed by atoms with Gasteiger partial charge in [-0.3, -0.25) is 14.4 Å². The van der Waals surface area contributed by atoms with Gasteiger partial charge < -0.3 is 10.2 Å². The van der Waals surface area contributed by atoms with Gasteiger partial charge in [0, 0.05) is 11.1 Å². The predicted octanol–water partition coefficient (Wildman–Crippen LogP) is 1.67. The Hall–Kier alpha value is -3.13. The van der Waals surface area contributed by atoms with Crippen LogP contribution in [0.4, 0.5) is 0 Å². The molecule has 4 N–H and O–H groups in total.